The Hall–Kier alpha value is -2.86. The van der Waals surface area contributed by atoms with E-state index in [1.807, 2.05) is 68.1 Å². The summed E-state index contributed by atoms with van der Waals surface area (Å²) in [6.07, 6.45) is 1.81. The molecule has 2 unspecified atom stereocenters. The van der Waals surface area contributed by atoms with Gasteiger partial charge in [-0.1, -0.05) is 18.2 Å². The molecule has 6 heteroatoms. The maximum atomic E-state index is 13.3. The van der Waals surface area contributed by atoms with Crippen LogP contribution in [0.15, 0.2) is 53.1 Å². The third-order valence-corrected chi connectivity index (χ3v) is 4.65. The number of para-hydroxylation sites is 1. The SMILES string of the molecule is Cc1ccc(-c2nn(-c3ccccc3)cc2C(=O)N2CC(C)OC(C)C2)o1. The van der Waals surface area contributed by atoms with E-state index in [0.717, 1.165) is 11.4 Å². The van der Waals surface area contributed by atoms with Crippen molar-refractivity contribution in [1.82, 2.24) is 14.7 Å². The maximum Gasteiger partial charge on any atom is 0.258 e. The van der Waals surface area contributed by atoms with Crippen LogP contribution in [0.25, 0.3) is 17.1 Å². The molecular formula is C21H23N3O3. The highest BCUT2D eigenvalue weighted by Gasteiger charge is 2.30. The van der Waals surface area contributed by atoms with Crippen LogP contribution < -0.4 is 0 Å². The van der Waals surface area contributed by atoms with Crippen molar-refractivity contribution in [3.05, 3.63) is 60.0 Å². The van der Waals surface area contributed by atoms with E-state index in [4.69, 9.17) is 9.15 Å². The van der Waals surface area contributed by atoms with Gasteiger partial charge in [-0.15, -0.1) is 0 Å². The van der Waals surface area contributed by atoms with Gasteiger partial charge in [0.1, 0.15) is 11.5 Å². The maximum absolute atomic E-state index is 13.3. The zero-order valence-corrected chi connectivity index (χ0v) is 15.8. The first-order valence-corrected chi connectivity index (χ1v) is 9.18. The Morgan fingerprint density at radius 3 is 2.41 bits per heavy atom. The van der Waals surface area contributed by atoms with Crippen molar-refractivity contribution in [1.29, 1.82) is 0 Å². The summed E-state index contributed by atoms with van der Waals surface area (Å²) in [5, 5.41) is 4.66. The van der Waals surface area contributed by atoms with Gasteiger partial charge in [-0.05, 0) is 45.0 Å². The molecule has 1 amide bonds. The smallest absolute Gasteiger partial charge is 0.258 e. The van der Waals surface area contributed by atoms with Gasteiger partial charge < -0.3 is 14.1 Å². The average molecular weight is 365 g/mol. The van der Waals surface area contributed by atoms with Crippen LogP contribution in [-0.2, 0) is 4.74 Å². The molecule has 3 heterocycles. The van der Waals surface area contributed by atoms with Crippen LogP contribution in [0.4, 0.5) is 0 Å². The van der Waals surface area contributed by atoms with Crippen LogP contribution in [0.1, 0.15) is 30.0 Å². The standard InChI is InChI=1S/C21H23N3O3/c1-14-9-10-19(27-14)20-18(13-24(22-20)17-7-5-4-6-8-17)21(25)23-11-15(2)26-16(3)12-23/h4-10,13,15-16H,11-12H2,1-3H3. The van der Waals surface area contributed by atoms with Crippen LogP contribution in [0.5, 0.6) is 0 Å². The molecule has 27 heavy (non-hydrogen) atoms. The van der Waals surface area contributed by atoms with Crippen LogP contribution in [0.2, 0.25) is 0 Å². The van der Waals surface area contributed by atoms with Crippen molar-refractivity contribution in [3.8, 4) is 17.1 Å². The number of nitrogens with zero attached hydrogens (tertiary/aromatic N) is 3. The fraction of sp³-hybridized carbons (Fsp3) is 0.333. The Morgan fingerprint density at radius 1 is 1.07 bits per heavy atom. The van der Waals surface area contributed by atoms with Crippen molar-refractivity contribution in [2.24, 2.45) is 0 Å². The summed E-state index contributed by atoms with van der Waals surface area (Å²) in [6.45, 7) is 6.98. The van der Waals surface area contributed by atoms with Crippen molar-refractivity contribution in [2.45, 2.75) is 33.0 Å². The zero-order valence-electron chi connectivity index (χ0n) is 15.8. The van der Waals surface area contributed by atoms with Crippen LogP contribution in [0, 0.1) is 6.92 Å². The molecule has 2 atom stereocenters. The highest BCUT2D eigenvalue weighted by molar-refractivity contribution is 5.99. The Morgan fingerprint density at radius 2 is 1.78 bits per heavy atom. The summed E-state index contributed by atoms with van der Waals surface area (Å²) in [6, 6.07) is 13.5. The molecule has 0 spiro atoms. The molecule has 1 fully saturated rings. The number of aryl methyl sites for hydroxylation is 1. The molecule has 1 aromatic carbocycles. The lowest BCUT2D eigenvalue weighted by atomic mass is 10.1. The van der Waals surface area contributed by atoms with Crippen LogP contribution >= 0.6 is 0 Å². The Labute approximate surface area is 158 Å². The van der Waals surface area contributed by atoms with E-state index in [1.165, 1.54) is 0 Å². The molecular weight excluding hydrogens is 342 g/mol. The summed E-state index contributed by atoms with van der Waals surface area (Å²) >= 11 is 0. The molecule has 1 aliphatic rings. The van der Waals surface area contributed by atoms with E-state index in [0.29, 0.717) is 30.1 Å². The predicted molar refractivity (Wildman–Crippen MR) is 102 cm³/mol. The number of carbonyl (C=O) groups is 1. The van der Waals surface area contributed by atoms with Gasteiger partial charge in [0.25, 0.3) is 5.91 Å². The fourth-order valence-corrected chi connectivity index (χ4v) is 3.50. The molecule has 0 bridgehead atoms. The fourth-order valence-electron chi connectivity index (χ4n) is 3.50. The van der Waals surface area contributed by atoms with Gasteiger partial charge in [-0.2, -0.15) is 5.10 Å². The van der Waals surface area contributed by atoms with Gasteiger partial charge in [0.2, 0.25) is 0 Å². The third kappa shape index (κ3) is 3.53. The van der Waals surface area contributed by atoms with Crippen LogP contribution in [-0.4, -0.2) is 45.9 Å². The molecule has 1 aliphatic heterocycles. The molecule has 1 saturated heterocycles. The minimum atomic E-state index is -0.0526. The first-order valence-electron chi connectivity index (χ1n) is 9.18. The van der Waals surface area contributed by atoms with E-state index in [9.17, 15) is 4.79 Å². The van der Waals surface area contributed by atoms with Crippen molar-refractivity contribution >= 4 is 5.91 Å². The number of benzene rings is 1. The minimum Gasteiger partial charge on any atom is -0.460 e. The van der Waals surface area contributed by atoms with Crippen molar-refractivity contribution < 1.29 is 13.9 Å². The van der Waals surface area contributed by atoms with Gasteiger partial charge in [0.15, 0.2) is 5.76 Å². The monoisotopic (exact) mass is 365 g/mol. The number of furan rings is 1. The Balaban J connectivity index is 1.76. The lowest BCUT2D eigenvalue weighted by Crippen LogP contribution is -2.48. The highest BCUT2D eigenvalue weighted by atomic mass is 16.5. The third-order valence-electron chi connectivity index (χ3n) is 4.65. The van der Waals surface area contributed by atoms with Gasteiger partial charge in [0, 0.05) is 19.3 Å². The van der Waals surface area contributed by atoms with Crippen molar-refractivity contribution in [2.75, 3.05) is 13.1 Å². The number of rotatable bonds is 3. The number of ether oxygens (including phenoxy) is 1. The Bertz CT molecular complexity index is 935. The number of hydrogen-bond acceptors (Lipinski definition) is 4. The van der Waals surface area contributed by atoms with E-state index >= 15 is 0 Å². The second kappa shape index (κ2) is 7.04. The zero-order chi connectivity index (χ0) is 19.0. The summed E-state index contributed by atoms with van der Waals surface area (Å²) in [5.74, 6) is 1.33. The number of morpholine rings is 1. The first kappa shape index (κ1) is 17.5. The molecule has 0 radical (unpaired) electrons. The molecule has 140 valence electrons. The summed E-state index contributed by atoms with van der Waals surface area (Å²) in [4.78, 5) is 15.1. The van der Waals surface area contributed by atoms with Crippen LogP contribution in [0.3, 0.4) is 0 Å². The minimum absolute atomic E-state index is 0.0103. The second-order valence-corrected chi connectivity index (χ2v) is 7.05. The molecule has 2 aromatic heterocycles. The topological polar surface area (TPSA) is 60.5 Å². The van der Waals surface area contributed by atoms with E-state index in [2.05, 4.69) is 5.10 Å². The summed E-state index contributed by atoms with van der Waals surface area (Å²) < 4.78 is 13.3. The predicted octanol–water partition coefficient (Wildman–Crippen LogP) is 3.69. The summed E-state index contributed by atoms with van der Waals surface area (Å²) in [7, 11) is 0. The number of amides is 1. The van der Waals surface area contributed by atoms with E-state index in [1.54, 1.807) is 10.9 Å². The largest absolute Gasteiger partial charge is 0.460 e. The molecule has 0 aliphatic carbocycles. The second-order valence-electron chi connectivity index (χ2n) is 7.05. The van der Waals surface area contributed by atoms with Gasteiger partial charge in [-0.25, -0.2) is 4.68 Å². The Kier molecular flexibility index (Phi) is 4.58. The highest BCUT2D eigenvalue weighted by Crippen LogP contribution is 2.27. The van der Waals surface area contributed by atoms with Gasteiger partial charge in [0.05, 0.1) is 23.5 Å². The molecule has 3 aromatic rings. The van der Waals surface area contributed by atoms with Gasteiger partial charge in [-0.3, -0.25) is 4.79 Å². The molecule has 4 rings (SSSR count). The van der Waals surface area contributed by atoms with E-state index in [-0.39, 0.29) is 18.1 Å². The molecule has 6 nitrogen and oxygen atoms in total. The van der Waals surface area contributed by atoms with E-state index < -0.39 is 0 Å². The normalized spacial score (nSPS) is 20.0. The lowest BCUT2D eigenvalue weighted by molar-refractivity contribution is -0.0586. The number of hydrogen-bond donors (Lipinski definition) is 0. The molecule has 0 saturated carbocycles. The number of carbonyl (C=O) groups excluding carboxylic acids is 1. The number of aromatic nitrogens is 2. The quantitative estimate of drug-likeness (QED) is 0.710. The lowest BCUT2D eigenvalue weighted by Gasteiger charge is -2.35. The first-order chi connectivity index (χ1) is 13.0. The van der Waals surface area contributed by atoms with Gasteiger partial charge >= 0.3 is 0 Å². The summed E-state index contributed by atoms with van der Waals surface area (Å²) in [5.41, 5.74) is 1.99. The average Bonchev–Trinajstić information content (AvgIpc) is 3.27. The molecule has 0 N–H and O–H groups in total. The van der Waals surface area contributed by atoms with Crippen molar-refractivity contribution in [3.63, 3.8) is 0 Å².